The Morgan fingerprint density at radius 1 is 1.07 bits per heavy atom. The second kappa shape index (κ2) is 8.88. The summed E-state index contributed by atoms with van der Waals surface area (Å²) in [5, 5.41) is 0. The predicted molar refractivity (Wildman–Crippen MR) is 112 cm³/mol. The zero-order valence-electron chi connectivity index (χ0n) is 17.0. The molecule has 0 aliphatic carbocycles. The first-order valence-corrected chi connectivity index (χ1v) is 10.4. The summed E-state index contributed by atoms with van der Waals surface area (Å²) in [6.07, 6.45) is 4.42. The van der Waals surface area contributed by atoms with Crippen LogP contribution in [0.1, 0.15) is 31.0 Å². The van der Waals surface area contributed by atoms with Gasteiger partial charge in [0, 0.05) is 58.1 Å². The van der Waals surface area contributed by atoms with Crippen molar-refractivity contribution in [3.8, 4) is 5.75 Å². The van der Waals surface area contributed by atoms with Crippen LogP contribution in [0.3, 0.4) is 0 Å². The summed E-state index contributed by atoms with van der Waals surface area (Å²) in [7, 11) is 1.72. The molecule has 28 heavy (non-hydrogen) atoms. The first-order valence-electron chi connectivity index (χ1n) is 10.4. The standard InChI is InChI=1S/C22H31N5O/c1-18-15-25(16-19-6-5-7-21(14-19)28-2)12-13-27(18)17-20-8-9-23-22(24-20)26-10-3-4-11-26/h5-9,14,18H,3-4,10-13,15-17H2,1-2H3/t18-/m0/s1. The summed E-state index contributed by atoms with van der Waals surface area (Å²) in [6, 6.07) is 11.0. The number of hydrogen-bond acceptors (Lipinski definition) is 6. The van der Waals surface area contributed by atoms with Gasteiger partial charge in [-0.25, -0.2) is 9.97 Å². The number of hydrogen-bond donors (Lipinski definition) is 0. The molecule has 2 aromatic rings. The lowest BCUT2D eigenvalue weighted by Crippen LogP contribution is -2.51. The Hall–Kier alpha value is -2.18. The molecule has 0 unspecified atom stereocenters. The fourth-order valence-electron chi connectivity index (χ4n) is 4.23. The molecule has 0 bridgehead atoms. The number of anilines is 1. The zero-order chi connectivity index (χ0) is 19.3. The minimum absolute atomic E-state index is 0.504. The Kier molecular flexibility index (Phi) is 6.07. The van der Waals surface area contributed by atoms with E-state index in [1.165, 1.54) is 18.4 Å². The van der Waals surface area contributed by atoms with E-state index < -0.39 is 0 Å². The Morgan fingerprint density at radius 3 is 2.71 bits per heavy atom. The van der Waals surface area contributed by atoms with Gasteiger partial charge in [-0.15, -0.1) is 0 Å². The Morgan fingerprint density at radius 2 is 1.93 bits per heavy atom. The van der Waals surface area contributed by atoms with Crippen molar-refractivity contribution in [3.63, 3.8) is 0 Å². The number of rotatable bonds is 6. The third-order valence-corrected chi connectivity index (χ3v) is 5.84. The van der Waals surface area contributed by atoms with Gasteiger partial charge in [0.1, 0.15) is 5.75 Å². The van der Waals surface area contributed by atoms with Crippen LogP contribution in [0.15, 0.2) is 36.5 Å². The van der Waals surface area contributed by atoms with Gasteiger partial charge in [-0.2, -0.15) is 0 Å². The lowest BCUT2D eigenvalue weighted by atomic mass is 10.1. The molecule has 0 radical (unpaired) electrons. The topological polar surface area (TPSA) is 44.7 Å². The zero-order valence-corrected chi connectivity index (χ0v) is 17.0. The van der Waals surface area contributed by atoms with Gasteiger partial charge in [0.05, 0.1) is 12.8 Å². The quantitative estimate of drug-likeness (QED) is 0.767. The van der Waals surface area contributed by atoms with E-state index in [-0.39, 0.29) is 0 Å². The molecular weight excluding hydrogens is 350 g/mol. The van der Waals surface area contributed by atoms with Crippen LogP contribution in [0.25, 0.3) is 0 Å². The van der Waals surface area contributed by atoms with Crippen LogP contribution < -0.4 is 9.64 Å². The fourth-order valence-corrected chi connectivity index (χ4v) is 4.23. The van der Waals surface area contributed by atoms with E-state index in [1.54, 1.807) is 7.11 Å². The molecular formula is C22H31N5O. The van der Waals surface area contributed by atoms with E-state index in [2.05, 4.69) is 50.9 Å². The van der Waals surface area contributed by atoms with Crippen LogP contribution in [0.5, 0.6) is 5.75 Å². The van der Waals surface area contributed by atoms with Gasteiger partial charge in [-0.1, -0.05) is 12.1 Å². The molecule has 2 saturated heterocycles. The summed E-state index contributed by atoms with van der Waals surface area (Å²) in [4.78, 5) is 16.7. The Balaban J connectivity index is 1.33. The number of piperazine rings is 1. The molecule has 3 heterocycles. The van der Waals surface area contributed by atoms with Crippen molar-refractivity contribution in [2.45, 2.75) is 38.9 Å². The van der Waals surface area contributed by atoms with E-state index in [4.69, 9.17) is 9.72 Å². The lowest BCUT2D eigenvalue weighted by molar-refractivity contribution is 0.0723. The molecule has 0 amide bonds. The first kappa shape index (κ1) is 19.2. The van der Waals surface area contributed by atoms with Crippen molar-refractivity contribution in [3.05, 3.63) is 47.8 Å². The molecule has 2 aliphatic heterocycles. The van der Waals surface area contributed by atoms with Gasteiger partial charge in [-0.3, -0.25) is 9.80 Å². The van der Waals surface area contributed by atoms with Crippen LogP contribution in [-0.2, 0) is 13.1 Å². The Labute approximate surface area is 168 Å². The van der Waals surface area contributed by atoms with Gasteiger partial charge < -0.3 is 9.64 Å². The molecule has 150 valence electrons. The van der Waals surface area contributed by atoms with Gasteiger partial charge in [0.15, 0.2) is 0 Å². The maximum Gasteiger partial charge on any atom is 0.225 e. The Bertz CT molecular complexity index is 777. The summed E-state index contributed by atoms with van der Waals surface area (Å²) < 4.78 is 5.35. The third-order valence-electron chi connectivity index (χ3n) is 5.84. The molecule has 2 fully saturated rings. The molecule has 6 heteroatoms. The fraction of sp³-hybridized carbons (Fsp3) is 0.545. The number of benzene rings is 1. The minimum Gasteiger partial charge on any atom is -0.497 e. The molecule has 2 aliphatic rings. The summed E-state index contributed by atoms with van der Waals surface area (Å²) in [5.41, 5.74) is 2.44. The molecule has 0 N–H and O–H groups in total. The van der Waals surface area contributed by atoms with E-state index in [0.29, 0.717) is 6.04 Å². The van der Waals surface area contributed by atoms with Crippen molar-refractivity contribution in [2.75, 3.05) is 44.7 Å². The highest BCUT2D eigenvalue weighted by atomic mass is 16.5. The SMILES string of the molecule is COc1cccc(CN2CCN(Cc3ccnc(N4CCCC4)n3)[C@@H](C)C2)c1. The van der Waals surface area contributed by atoms with Crippen LogP contribution in [-0.4, -0.2) is 65.6 Å². The average molecular weight is 382 g/mol. The summed E-state index contributed by atoms with van der Waals surface area (Å²) in [6.45, 7) is 9.58. The highest BCUT2D eigenvalue weighted by Crippen LogP contribution is 2.20. The maximum atomic E-state index is 5.35. The molecule has 1 aromatic heterocycles. The van der Waals surface area contributed by atoms with Crippen LogP contribution in [0.2, 0.25) is 0 Å². The minimum atomic E-state index is 0.504. The second-order valence-corrected chi connectivity index (χ2v) is 7.95. The average Bonchev–Trinajstić information content (AvgIpc) is 3.25. The number of ether oxygens (including phenoxy) is 1. The predicted octanol–water partition coefficient (Wildman–Crippen LogP) is 2.79. The highest BCUT2D eigenvalue weighted by molar-refractivity contribution is 5.31. The third kappa shape index (κ3) is 4.62. The monoisotopic (exact) mass is 381 g/mol. The second-order valence-electron chi connectivity index (χ2n) is 7.95. The molecule has 0 saturated carbocycles. The molecule has 0 spiro atoms. The lowest BCUT2D eigenvalue weighted by Gasteiger charge is -2.39. The highest BCUT2D eigenvalue weighted by Gasteiger charge is 2.24. The molecule has 1 aromatic carbocycles. The smallest absolute Gasteiger partial charge is 0.225 e. The molecule has 4 rings (SSSR count). The molecule has 1 atom stereocenters. The van der Waals surface area contributed by atoms with Crippen molar-refractivity contribution in [1.82, 2.24) is 19.8 Å². The van der Waals surface area contributed by atoms with Crippen molar-refractivity contribution in [2.24, 2.45) is 0 Å². The van der Waals surface area contributed by atoms with E-state index in [0.717, 1.165) is 63.2 Å². The van der Waals surface area contributed by atoms with E-state index in [1.807, 2.05) is 12.3 Å². The van der Waals surface area contributed by atoms with Crippen molar-refractivity contribution >= 4 is 5.95 Å². The largest absolute Gasteiger partial charge is 0.497 e. The van der Waals surface area contributed by atoms with Gasteiger partial charge in [0.2, 0.25) is 5.95 Å². The summed E-state index contributed by atoms with van der Waals surface area (Å²) in [5.74, 6) is 1.83. The maximum absolute atomic E-state index is 5.35. The van der Waals surface area contributed by atoms with Crippen molar-refractivity contribution in [1.29, 1.82) is 0 Å². The van der Waals surface area contributed by atoms with Crippen LogP contribution >= 0.6 is 0 Å². The van der Waals surface area contributed by atoms with Crippen LogP contribution in [0.4, 0.5) is 5.95 Å². The van der Waals surface area contributed by atoms with E-state index in [9.17, 15) is 0 Å². The number of methoxy groups -OCH3 is 1. The van der Waals surface area contributed by atoms with Gasteiger partial charge >= 0.3 is 0 Å². The van der Waals surface area contributed by atoms with Crippen molar-refractivity contribution < 1.29 is 4.74 Å². The normalized spacial score (nSPS) is 21.2. The number of aromatic nitrogens is 2. The summed E-state index contributed by atoms with van der Waals surface area (Å²) >= 11 is 0. The first-order chi connectivity index (χ1) is 13.7. The molecule has 6 nitrogen and oxygen atoms in total. The van der Waals surface area contributed by atoms with E-state index >= 15 is 0 Å². The number of nitrogens with zero attached hydrogens (tertiary/aromatic N) is 5. The van der Waals surface area contributed by atoms with Crippen LogP contribution in [0, 0.1) is 0 Å². The van der Waals surface area contributed by atoms with Gasteiger partial charge in [-0.05, 0) is 43.5 Å². The van der Waals surface area contributed by atoms with Gasteiger partial charge in [0.25, 0.3) is 0 Å².